The average molecular weight is 435 g/mol. The van der Waals surface area contributed by atoms with Crippen LogP contribution in [0.2, 0.25) is 0 Å². The van der Waals surface area contributed by atoms with E-state index in [0.717, 1.165) is 16.9 Å². The van der Waals surface area contributed by atoms with Crippen molar-refractivity contribution in [1.29, 1.82) is 0 Å². The summed E-state index contributed by atoms with van der Waals surface area (Å²) in [6.07, 6.45) is 0. The lowest BCUT2D eigenvalue weighted by molar-refractivity contribution is 0.0941. The van der Waals surface area contributed by atoms with E-state index in [1.54, 1.807) is 32.4 Å². The Hall–Kier alpha value is -3.51. The van der Waals surface area contributed by atoms with Gasteiger partial charge in [-0.3, -0.25) is 4.79 Å². The molecule has 0 unspecified atom stereocenters. The average Bonchev–Trinajstić information content (AvgIpc) is 2.83. The van der Waals surface area contributed by atoms with Crippen LogP contribution in [0.1, 0.15) is 27.5 Å². The summed E-state index contributed by atoms with van der Waals surface area (Å²) in [4.78, 5) is 14.9. The van der Waals surface area contributed by atoms with Gasteiger partial charge in [0.15, 0.2) is 11.5 Å². The van der Waals surface area contributed by atoms with E-state index in [4.69, 9.17) is 14.2 Å². The Morgan fingerprint density at radius 2 is 1.56 bits per heavy atom. The number of rotatable bonds is 10. The maximum absolute atomic E-state index is 12.9. The van der Waals surface area contributed by atoms with E-state index in [2.05, 4.69) is 10.2 Å². The number of hydrogen-bond acceptors (Lipinski definition) is 5. The molecule has 1 N–H and O–H groups in total. The Kier molecular flexibility index (Phi) is 8.11. The van der Waals surface area contributed by atoms with Crippen molar-refractivity contribution in [2.24, 2.45) is 0 Å². The van der Waals surface area contributed by atoms with Gasteiger partial charge in [0, 0.05) is 17.7 Å². The lowest BCUT2D eigenvalue weighted by Gasteiger charge is -2.26. The van der Waals surface area contributed by atoms with E-state index in [-0.39, 0.29) is 11.9 Å². The molecular weight excluding hydrogens is 404 g/mol. The first-order chi connectivity index (χ1) is 15.5. The minimum absolute atomic E-state index is 0.0366. The van der Waals surface area contributed by atoms with E-state index in [9.17, 15) is 4.79 Å². The number of ether oxygens (including phenoxy) is 3. The highest BCUT2D eigenvalue weighted by Crippen LogP contribution is 2.30. The van der Waals surface area contributed by atoms with Crippen molar-refractivity contribution in [1.82, 2.24) is 10.2 Å². The summed E-state index contributed by atoms with van der Waals surface area (Å²) in [6.45, 7) is 0.854. The monoisotopic (exact) mass is 434 g/mol. The van der Waals surface area contributed by atoms with E-state index < -0.39 is 0 Å². The molecule has 32 heavy (non-hydrogen) atoms. The Morgan fingerprint density at radius 1 is 0.875 bits per heavy atom. The van der Waals surface area contributed by atoms with Gasteiger partial charge in [-0.15, -0.1) is 0 Å². The Morgan fingerprint density at radius 3 is 2.25 bits per heavy atom. The molecule has 0 aliphatic carbocycles. The molecule has 0 saturated carbocycles. The molecule has 168 valence electrons. The van der Waals surface area contributed by atoms with Crippen LogP contribution in [0.3, 0.4) is 0 Å². The minimum Gasteiger partial charge on any atom is -0.496 e. The largest absolute Gasteiger partial charge is 0.496 e. The third kappa shape index (κ3) is 5.80. The predicted octanol–water partition coefficient (Wildman–Crippen LogP) is 4.32. The van der Waals surface area contributed by atoms with Crippen molar-refractivity contribution in [3.8, 4) is 17.2 Å². The van der Waals surface area contributed by atoms with Crippen LogP contribution in [0.5, 0.6) is 17.2 Å². The zero-order valence-corrected chi connectivity index (χ0v) is 19.0. The lowest BCUT2D eigenvalue weighted by atomic mass is 10.0. The molecule has 0 heterocycles. The number of nitrogens with one attached hydrogen (secondary N) is 1. The van der Waals surface area contributed by atoms with Crippen LogP contribution < -0.4 is 19.5 Å². The molecule has 3 aromatic carbocycles. The molecule has 1 atom stereocenters. The number of hydrogen-bond donors (Lipinski definition) is 1. The van der Waals surface area contributed by atoms with E-state index in [0.29, 0.717) is 30.2 Å². The first kappa shape index (κ1) is 23.2. The topological polar surface area (TPSA) is 60.0 Å². The highest BCUT2D eigenvalue weighted by molar-refractivity contribution is 5.94. The van der Waals surface area contributed by atoms with Gasteiger partial charge in [0.05, 0.1) is 20.3 Å². The normalized spacial score (nSPS) is 11.7. The van der Waals surface area contributed by atoms with Crippen LogP contribution in [-0.4, -0.2) is 45.7 Å². The summed E-state index contributed by atoms with van der Waals surface area (Å²) in [6, 6.07) is 22.9. The van der Waals surface area contributed by atoms with Gasteiger partial charge in [0.1, 0.15) is 12.4 Å². The first-order valence-electron chi connectivity index (χ1n) is 10.5. The van der Waals surface area contributed by atoms with Gasteiger partial charge in [0.25, 0.3) is 5.91 Å². The summed E-state index contributed by atoms with van der Waals surface area (Å²) in [5.74, 6) is 1.72. The molecular formula is C26H30N2O4. The van der Waals surface area contributed by atoms with E-state index in [1.807, 2.05) is 68.7 Å². The summed E-state index contributed by atoms with van der Waals surface area (Å²) in [5.41, 5.74) is 2.58. The van der Waals surface area contributed by atoms with Gasteiger partial charge < -0.3 is 24.4 Å². The number of likely N-dealkylation sites (N-methyl/N-ethyl adjacent to an activating group) is 1. The molecule has 1 amide bonds. The molecule has 0 spiro atoms. The molecule has 0 aliphatic rings. The zero-order valence-electron chi connectivity index (χ0n) is 19.0. The minimum atomic E-state index is -0.181. The smallest absolute Gasteiger partial charge is 0.251 e. The van der Waals surface area contributed by atoms with Crippen LogP contribution in [0.4, 0.5) is 0 Å². The summed E-state index contributed by atoms with van der Waals surface area (Å²) < 4.78 is 16.8. The Labute approximate surface area is 189 Å². The standard InChI is InChI=1S/C26H30N2O4/c1-28(2)22(21-12-8-9-13-23(21)30-3)17-27-26(29)20-14-15-24(25(16-20)31-4)32-18-19-10-6-5-7-11-19/h5-16,22H,17-18H2,1-4H3,(H,27,29)/t22-/m1/s1. The van der Waals surface area contributed by atoms with Crippen LogP contribution >= 0.6 is 0 Å². The number of amides is 1. The number of methoxy groups -OCH3 is 2. The fourth-order valence-electron chi connectivity index (χ4n) is 3.47. The van der Waals surface area contributed by atoms with Gasteiger partial charge in [-0.2, -0.15) is 0 Å². The second kappa shape index (κ2) is 11.2. The molecule has 6 heteroatoms. The third-order valence-corrected chi connectivity index (χ3v) is 5.24. The van der Waals surface area contributed by atoms with Crippen molar-refractivity contribution in [3.63, 3.8) is 0 Å². The molecule has 0 fully saturated rings. The molecule has 0 radical (unpaired) electrons. The maximum atomic E-state index is 12.9. The summed E-state index contributed by atoms with van der Waals surface area (Å²) in [5, 5.41) is 3.03. The lowest BCUT2D eigenvalue weighted by Crippen LogP contribution is -2.34. The van der Waals surface area contributed by atoms with Gasteiger partial charge in [-0.05, 0) is 43.9 Å². The number of benzene rings is 3. The summed E-state index contributed by atoms with van der Waals surface area (Å²) in [7, 11) is 7.17. The van der Waals surface area contributed by atoms with Crippen LogP contribution in [-0.2, 0) is 6.61 Å². The number of carbonyl (C=O) groups is 1. The van der Waals surface area contributed by atoms with Crippen molar-refractivity contribution in [2.45, 2.75) is 12.6 Å². The Bertz CT molecular complexity index is 1020. The Balaban J connectivity index is 1.68. The fourth-order valence-corrected chi connectivity index (χ4v) is 3.47. The maximum Gasteiger partial charge on any atom is 0.251 e. The summed E-state index contributed by atoms with van der Waals surface area (Å²) >= 11 is 0. The van der Waals surface area contributed by atoms with Crippen LogP contribution in [0, 0.1) is 0 Å². The van der Waals surface area contributed by atoms with Crippen molar-refractivity contribution in [3.05, 3.63) is 89.5 Å². The van der Waals surface area contributed by atoms with Crippen molar-refractivity contribution < 1.29 is 19.0 Å². The first-order valence-corrected chi connectivity index (χ1v) is 10.5. The van der Waals surface area contributed by atoms with E-state index in [1.165, 1.54) is 0 Å². The quantitative estimate of drug-likeness (QED) is 0.515. The van der Waals surface area contributed by atoms with Crippen molar-refractivity contribution >= 4 is 5.91 Å². The van der Waals surface area contributed by atoms with Gasteiger partial charge in [0.2, 0.25) is 0 Å². The van der Waals surface area contributed by atoms with Crippen molar-refractivity contribution in [2.75, 3.05) is 34.9 Å². The molecule has 3 rings (SSSR count). The molecule has 3 aromatic rings. The second-order valence-corrected chi connectivity index (χ2v) is 7.57. The number of carbonyl (C=O) groups excluding carboxylic acids is 1. The van der Waals surface area contributed by atoms with Gasteiger partial charge in [-0.25, -0.2) is 0 Å². The predicted molar refractivity (Wildman–Crippen MR) is 126 cm³/mol. The van der Waals surface area contributed by atoms with E-state index >= 15 is 0 Å². The molecule has 0 saturated heterocycles. The van der Waals surface area contributed by atoms with Gasteiger partial charge >= 0.3 is 0 Å². The van der Waals surface area contributed by atoms with Crippen LogP contribution in [0.15, 0.2) is 72.8 Å². The molecule has 0 aliphatic heterocycles. The zero-order chi connectivity index (χ0) is 22.9. The molecule has 0 bridgehead atoms. The second-order valence-electron chi connectivity index (χ2n) is 7.57. The number of para-hydroxylation sites is 1. The third-order valence-electron chi connectivity index (χ3n) is 5.24. The molecule has 0 aromatic heterocycles. The SMILES string of the molecule is COc1cc(C(=O)NC[C@H](c2ccccc2OC)N(C)C)ccc1OCc1ccccc1. The highest BCUT2D eigenvalue weighted by Gasteiger charge is 2.20. The van der Waals surface area contributed by atoms with Gasteiger partial charge in [-0.1, -0.05) is 48.5 Å². The van der Waals surface area contributed by atoms with Crippen LogP contribution in [0.25, 0.3) is 0 Å². The molecule has 6 nitrogen and oxygen atoms in total. The number of nitrogens with zero attached hydrogens (tertiary/aromatic N) is 1. The fraction of sp³-hybridized carbons (Fsp3) is 0.269. The highest BCUT2D eigenvalue weighted by atomic mass is 16.5.